The summed E-state index contributed by atoms with van der Waals surface area (Å²) >= 11 is 0. The van der Waals surface area contributed by atoms with Crippen LogP contribution >= 0.6 is 0 Å². The summed E-state index contributed by atoms with van der Waals surface area (Å²) in [6.45, 7) is 0. The van der Waals surface area contributed by atoms with Gasteiger partial charge in [-0.25, -0.2) is 4.98 Å². The summed E-state index contributed by atoms with van der Waals surface area (Å²) in [6, 6.07) is 9.12. The van der Waals surface area contributed by atoms with E-state index >= 15 is 0 Å². The molecule has 0 spiro atoms. The molecule has 0 radical (unpaired) electrons. The summed E-state index contributed by atoms with van der Waals surface area (Å²) in [5.74, 6) is 0. The fourth-order valence-electron chi connectivity index (χ4n) is 1.22. The second-order valence-electron chi connectivity index (χ2n) is 2.89. The molecule has 0 atom stereocenters. The minimum Gasteiger partial charge on any atom is -0.243 e. The van der Waals surface area contributed by atoms with Gasteiger partial charge in [-0.05, 0) is 12.1 Å². The van der Waals surface area contributed by atoms with E-state index in [4.69, 9.17) is 0 Å². The van der Waals surface area contributed by atoms with Crippen molar-refractivity contribution in [3.05, 3.63) is 42.1 Å². The van der Waals surface area contributed by atoms with Crippen molar-refractivity contribution < 1.29 is 13.2 Å². The Morgan fingerprint density at radius 2 is 1.64 bits per heavy atom. The third-order valence-electron chi connectivity index (χ3n) is 1.89. The maximum atomic E-state index is 12.3. The molecule has 0 aliphatic heterocycles. The first-order valence-corrected chi connectivity index (χ1v) is 4.00. The van der Waals surface area contributed by atoms with Crippen LogP contribution in [-0.4, -0.2) is 4.98 Å². The van der Waals surface area contributed by atoms with Crippen molar-refractivity contribution >= 4 is 10.9 Å². The average Bonchev–Trinajstić information content (AvgIpc) is 2.16. The van der Waals surface area contributed by atoms with Crippen LogP contribution in [-0.2, 0) is 6.18 Å². The van der Waals surface area contributed by atoms with E-state index < -0.39 is 11.9 Å². The highest BCUT2D eigenvalue weighted by molar-refractivity contribution is 5.78. The van der Waals surface area contributed by atoms with Crippen LogP contribution in [0, 0.1) is 0 Å². The molecule has 0 fully saturated rings. The van der Waals surface area contributed by atoms with Gasteiger partial charge >= 0.3 is 6.18 Å². The van der Waals surface area contributed by atoms with E-state index in [2.05, 4.69) is 4.98 Å². The summed E-state index contributed by atoms with van der Waals surface area (Å²) in [7, 11) is 0. The van der Waals surface area contributed by atoms with Crippen LogP contribution in [0.3, 0.4) is 0 Å². The van der Waals surface area contributed by atoms with E-state index in [9.17, 15) is 13.2 Å². The quantitative estimate of drug-likeness (QED) is 0.631. The van der Waals surface area contributed by atoms with E-state index in [0.29, 0.717) is 10.9 Å². The van der Waals surface area contributed by atoms with Crippen LogP contribution in [0.25, 0.3) is 10.9 Å². The predicted molar refractivity (Wildman–Crippen MR) is 46.7 cm³/mol. The number of halogens is 3. The number of nitrogens with zero attached hydrogens (tertiary/aromatic N) is 1. The number of fused-ring (bicyclic) bond motifs is 1. The molecule has 1 nitrogen and oxygen atoms in total. The monoisotopic (exact) mass is 197 g/mol. The molecule has 72 valence electrons. The lowest BCUT2D eigenvalue weighted by atomic mass is 10.2. The summed E-state index contributed by atoms with van der Waals surface area (Å²) < 4.78 is 36.8. The van der Waals surface area contributed by atoms with Crippen molar-refractivity contribution in [1.82, 2.24) is 4.98 Å². The van der Waals surface area contributed by atoms with Gasteiger partial charge in [-0.15, -0.1) is 0 Å². The van der Waals surface area contributed by atoms with Gasteiger partial charge in [0.15, 0.2) is 0 Å². The zero-order valence-electron chi connectivity index (χ0n) is 7.05. The van der Waals surface area contributed by atoms with Gasteiger partial charge in [0, 0.05) is 5.39 Å². The summed E-state index contributed by atoms with van der Waals surface area (Å²) in [5, 5.41) is 0.709. The fourth-order valence-corrected chi connectivity index (χ4v) is 1.22. The highest BCUT2D eigenvalue weighted by Crippen LogP contribution is 2.28. The van der Waals surface area contributed by atoms with E-state index in [1.165, 1.54) is 6.07 Å². The Morgan fingerprint density at radius 3 is 2.36 bits per heavy atom. The Labute approximate surface area is 78.2 Å². The number of pyridine rings is 1. The number of benzene rings is 1. The maximum absolute atomic E-state index is 12.3. The molecule has 0 saturated heterocycles. The summed E-state index contributed by atoms with van der Waals surface area (Å²) in [5.41, 5.74) is -0.487. The van der Waals surface area contributed by atoms with Gasteiger partial charge in [-0.2, -0.15) is 13.2 Å². The lowest BCUT2D eigenvalue weighted by Gasteiger charge is -2.05. The number of para-hydroxylation sites is 1. The predicted octanol–water partition coefficient (Wildman–Crippen LogP) is 3.25. The molecule has 0 aliphatic rings. The first kappa shape index (κ1) is 8.99. The molecule has 2 rings (SSSR count). The zero-order chi connectivity index (χ0) is 10.2. The first-order valence-electron chi connectivity index (χ1n) is 4.00. The molecule has 1 aromatic heterocycles. The molecular formula is C10H6F3N. The van der Waals surface area contributed by atoms with E-state index in [1.54, 1.807) is 24.3 Å². The lowest BCUT2D eigenvalue weighted by molar-refractivity contribution is -0.140. The van der Waals surface area contributed by atoms with E-state index in [1.807, 2.05) is 0 Å². The molecule has 14 heavy (non-hydrogen) atoms. The van der Waals surface area contributed by atoms with Crippen LogP contribution in [0.15, 0.2) is 36.4 Å². The Hall–Kier alpha value is -1.58. The number of hydrogen-bond donors (Lipinski definition) is 0. The van der Waals surface area contributed by atoms with Gasteiger partial charge in [0.25, 0.3) is 0 Å². The molecule has 1 aromatic carbocycles. The molecular weight excluding hydrogens is 191 g/mol. The van der Waals surface area contributed by atoms with Gasteiger partial charge in [-0.1, -0.05) is 24.3 Å². The third kappa shape index (κ3) is 1.55. The molecule has 0 saturated carbocycles. The SMILES string of the molecule is FC(F)(F)c1ccc2ccccc2n1. The normalized spacial score (nSPS) is 11.9. The van der Waals surface area contributed by atoms with Crippen molar-refractivity contribution in [3.8, 4) is 0 Å². The van der Waals surface area contributed by atoms with Crippen LogP contribution < -0.4 is 0 Å². The average molecular weight is 197 g/mol. The highest BCUT2D eigenvalue weighted by Gasteiger charge is 2.32. The zero-order valence-corrected chi connectivity index (χ0v) is 7.05. The van der Waals surface area contributed by atoms with Crippen molar-refractivity contribution in [1.29, 1.82) is 0 Å². The second-order valence-corrected chi connectivity index (χ2v) is 2.89. The van der Waals surface area contributed by atoms with Crippen LogP contribution in [0.4, 0.5) is 13.2 Å². The van der Waals surface area contributed by atoms with Crippen molar-refractivity contribution in [2.24, 2.45) is 0 Å². The van der Waals surface area contributed by atoms with Crippen LogP contribution in [0.1, 0.15) is 5.69 Å². The largest absolute Gasteiger partial charge is 0.433 e. The molecule has 0 aliphatic carbocycles. The van der Waals surface area contributed by atoms with Gasteiger partial charge in [0.05, 0.1) is 5.52 Å². The van der Waals surface area contributed by atoms with Crippen molar-refractivity contribution in [2.75, 3.05) is 0 Å². The summed E-state index contributed by atoms with van der Waals surface area (Å²) in [4.78, 5) is 3.52. The van der Waals surface area contributed by atoms with Crippen LogP contribution in [0.5, 0.6) is 0 Å². The van der Waals surface area contributed by atoms with Gasteiger partial charge < -0.3 is 0 Å². The number of hydrogen-bond acceptors (Lipinski definition) is 1. The molecule has 4 heteroatoms. The molecule has 1 heterocycles. The van der Waals surface area contributed by atoms with Gasteiger partial charge in [0.1, 0.15) is 5.69 Å². The standard InChI is InChI=1S/C10H6F3N/c11-10(12,13)9-6-5-7-3-1-2-4-8(7)14-9/h1-6H. The molecule has 0 amide bonds. The molecule has 0 bridgehead atoms. The Balaban J connectivity index is 2.63. The van der Waals surface area contributed by atoms with Crippen molar-refractivity contribution in [3.63, 3.8) is 0 Å². The minimum absolute atomic E-state index is 0.363. The maximum Gasteiger partial charge on any atom is 0.433 e. The van der Waals surface area contributed by atoms with E-state index in [-0.39, 0.29) is 0 Å². The second kappa shape index (κ2) is 2.97. The number of alkyl halides is 3. The van der Waals surface area contributed by atoms with Gasteiger partial charge in [0.2, 0.25) is 0 Å². The topological polar surface area (TPSA) is 12.9 Å². The first-order chi connectivity index (χ1) is 6.57. The Kier molecular flexibility index (Phi) is 1.91. The van der Waals surface area contributed by atoms with Gasteiger partial charge in [-0.3, -0.25) is 0 Å². The highest BCUT2D eigenvalue weighted by atomic mass is 19.4. The Morgan fingerprint density at radius 1 is 0.929 bits per heavy atom. The third-order valence-corrected chi connectivity index (χ3v) is 1.89. The molecule has 0 unspecified atom stereocenters. The minimum atomic E-state index is -4.37. The van der Waals surface area contributed by atoms with E-state index in [0.717, 1.165) is 6.07 Å². The molecule has 2 aromatic rings. The lowest BCUT2D eigenvalue weighted by Crippen LogP contribution is -2.07. The number of aromatic nitrogens is 1. The number of rotatable bonds is 0. The smallest absolute Gasteiger partial charge is 0.243 e. The Bertz CT molecular complexity index is 462. The van der Waals surface area contributed by atoms with Crippen molar-refractivity contribution in [2.45, 2.75) is 6.18 Å². The molecule has 0 N–H and O–H groups in total. The van der Waals surface area contributed by atoms with Crippen LogP contribution in [0.2, 0.25) is 0 Å². The fraction of sp³-hybridized carbons (Fsp3) is 0.100. The summed E-state index contributed by atoms with van der Waals surface area (Å²) in [6.07, 6.45) is -4.37.